The van der Waals surface area contributed by atoms with Crippen LogP contribution in [0.2, 0.25) is 0 Å². The SMILES string of the molecule is CC(C)c1cc(N)cn(C(C)C)c1=O. The zero-order valence-corrected chi connectivity index (χ0v) is 9.24. The summed E-state index contributed by atoms with van der Waals surface area (Å²) in [6.07, 6.45) is 1.71. The van der Waals surface area contributed by atoms with Crippen molar-refractivity contribution < 1.29 is 0 Å². The highest BCUT2D eigenvalue weighted by Crippen LogP contribution is 2.14. The lowest BCUT2D eigenvalue weighted by molar-refractivity contribution is 0.571. The van der Waals surface area contributed by atoms with Gasteiger partial charge in [0.15, 0.2) is 0 Å². The first-order chi connectivity index (χ1) is 6.43. The minimum atomic E-state index is 0.0733. The number of aromatic nitrogens is 1. The van der Waals surface area contributed by atoms with Gasteiger partial charge in [-0.25, -0.2) is 0 Å². The molecule has 14 heavy (non-hydrogen) atoms. The van der Waals surface area contributed by atoms with Crippen LogP contribution in [0.15, 0.2) is 17.1 Å². The van der Waals surface area contributed by atoms with E-state index in [9.17, 15) is 4.79 Å². The van der Waals surface area contributed by atoms with Crippen LogP contribution >= 0.6 is 0 Å². The third-order valence-electron chi connectivity index (χ3n) is 2.27. The van der Waals surface area contributed by atoms with Crippen LogP contribution in [0, 0.1) is 0 Å². The first-order valence-electron chi connectivity index (χ1n) is 4.95. The molecule has 0 bridgehead atoms. The van der Waals surface area contributed by atoms with E-state index in [1.165, 1.54) is 0 Å². The highest BCUT2D eigenvalue weighted by atomic mass is 16.1. The molecule has 0 saturated carbocycles. The van der Waals surface area contributed by atoms with Gasteiger partial charge in [0.05, 0.1) is 0 Å². The molecular weight excluding hydrogens is 176 g/mol. The van der Waals surface area contributed by atoms with Gasteiger partial charge >= 0.3 is 0 Å². The molecular formula is C11H18N2O. The molecule has 1 rings (SSSR count). The summed E-state index contributed by atoms with van der Waals surface area (Å²) >= 11 is 0. The standard InChI is InChI=1S/C11H18N2O/c1-7(2)10-5-9(12)6-13(8(3)4)11(10)14/h5-8H,12H2,1-4H3. The molecule has 0 aliphatic rings. The maximum Gasteiger partial charge on any atom is 0.254 e. The highest BCUT2D eigenvalue weighted by molar-refractivity contribution is 5.39. The molecule has 1 aromatic rings. The molecule has 0 atom stereocenters. The van der Waals surface area contributed by atoms with Gasteiger partial charge in [0.1, 0.15) is 0 Å². The Morgan fingerprint density at radius 3 is 2.29 bits per heavy atom. The first-order valence-corrected chi connectivity index (χ1v) is 4.95. The predicted octanol–water partition coefficient (Wildman–Crippen LogP) is 2.13. The van der Waals surface area contributed by atoms with E-state index in [4.69, 9.17) is 5.73 Å². The molecule has 3 nitrogen and oxygen atoms in total. The van der Waals surface area contributed by atoms with Gasteiger partial charge in [-0.1, -0.05) is 13.8 Å². The third kappa shape index (κ3) is 1.97. The van der Waals surface area contributed by atoms with E-state index in [0.717, 1.165) is 5.56 Å². The summed E-state index contributed by atoms with van der Waals surface area (Å²) in [7, 11) is 0. The highest BCUT2D eigenvalue weighted by Gasteiger charge is 2.10. The molecule has 0 radical (unpaired) electrons. The van der Waals surface area contributed by atoms with E-state index in [1.54, 1.807) is 16.8 Å². The topological polar surface area (TPSA) is 48.0 Å². The summed E-state index contributed by atoms with van der Waals surface area (Å²) < 4.78 is 1.69. The van der Waals surface area contributed by atoms with Crippen LogP contribution in [0.25, 0.3) is 0 Å². The minimum Gasteiger partial charge on any atom is -0.398 e. The average Bonchev–Trinajstić information content (AvgIpc) is 2.07. The van der Waals surface area contributed by atoms with Crippen LogP contribution < -0.4 is 11.3 Å². The van der Waals surface area contributed by atoms with Gasteiger partial charge in [0.25, 0.3) is 5.56 Å². The fourth-order valence-electron chi connectivity index (χ4n) is 1.44. The lowest BCUT2D eigenvalue weighted by Crippen LogP contribution is -2.25. The van der Waals surface area contributed by atoms with Crippen LogP contribution in [0.3, 0.4) is 0 Å². The first kappa shape index (κ1) is 10.8. The van der Waals surface area contributed by atoms with Crippen LogP contribution in [0.4, 0.5) is 5.69 Å². The number of pyridine rings is 1. The zero-order chi connectivity index (χ0) is 10.9. The van der Waals surface area contributed by atoms with E-state index in [-0.39, 0.29) is 17.5 Å². The minimum absolute atomic E-state index is 0.0733. The third-order valence-corrected chi connectivity index (χ3v) is 2.27. The van der Waals surface area contributed by atoms with Gasteiger partial charge < -0.3 is 10.3 Å². The number of hydrogen-bond donors (Lipinski definition) is 1. The molecule has 0 spiro atoms. The average molecular weight is 194 g/mol. The van der Waals surface area contributed by atoms with Crippen molar-refractivity contribution in [1.82, 2.24) is 4.57 Å². The summed E-state index contributed by atoms with van der Waals surface area (Å²) in [6.45, 7) is 7.96. The number of nitrogens with zero attached hydrogens (tertiary/aromatic N) is 1. The van der Waals surface area contributed by atoms with Gasteiger partial charge in [-0.2, -0.15) is 0 Å². The smallest absolute Gasteiger partial charge is 0.254 e. The maximum absolute atomic E-state index is 11.9. The Kier molecular flexibility index (Phi) is 2.99. The van der Waals surface area contributed by atoms with Crippen molar-refractivity contribution in [1.29, 1.82) is 0 Å². The molecule has 78 valence electrons. The molecule has 0 amide bonds. The molecule has 2 N–H and O–H groups in total. The van der Waals surface area contributed by atoms with Crippen molar-refractivity contribution in [3.63, 3.8) is 0 Å². The van der Waals surface area contributed by atoms with Gasteiger partial charge in [0.2, 0.25) is 0 Å². The normalized spacial score (nSPS) is 11.3. The summed E-state index contributed by atoms with van der Waals surface area (Å²) in [4.78, 5) is 11.9. The van der Waals surface area contributed by atoms with Gasteiger partial charge in [-0.15, -0.1) is 0 Å². The Morgan fingerprint density at radius 1 is 1.29 bits per heavy atom. The Balaban J connectivity index is 3.40. The Hall–Kier alpha value is -1.25. The second-order valence-corrected chi connectivity index (χ2v) is 4.19. The summed E-state index contributed by atoms with van der Waals surface area (Å²) in [5.41, 5.74) is 7.26. The Morgan fingerprint density at radius 2 is 1.86 bits per heavy atom. The van der Waals surface area contributed by atoms with Crippen LogP contribution in [-0.2, 0) is 0 Å². The Labute approximate surface area is 84.6 Å². The molecule has 1 aromatic heterocycles. The fourth-order valence-corrected chi connectivity index (χ4v) is 1.44. The van der Waals surface area contributed by atoms with Gasteiger partial charge in [-0.3, -0.25) is 4.79 Å². The van der Waals surface area contributed by atoms with Crippen molar-refractivity contribution >= 4 is 5.69 Å². The van der Waals surface area contributed by atoms with Crippen LogP contribution in [-0.4, -0.2) is 4.57 Å². The predicted molar refractivity (Wildman–Crippen MR) is 59.6 cm³/mol. The van der Waals surface area contributed by atoms with E-state index in [0.29, 0.717) is 5.69 Å². The van der Waals surface area contributed by atoms with Crippen molar-refractivity contribution in [3.8, 4) is 0 Å². The quantitative estimate of drug-likeness (QED) is 0.784. The van der Waals surface area contributed by atoms with E-state index < -0.39 is 0 Å². The van der Waals surface area contributed by atoms with E-state index in [2.05, 4.69) is 0 Å². The van der Waals surface area contributed by atoms with E-state index in [1.807, 2.05) is 27.7 Å². The van der Waals surface area contributed by atoms with Crippen molar-refractivity contribution in [2.24, 2.45) is 0 Å². The van der Waals surface area contributed by atoms with E-state index >= 15 is 0 Å². The molecule has 0 aliphatic carbocycles. The second kappa shape index (κ2) is 3.86. The maximum atomic E-state index is 11.9. The van der Waals surface area contributed by atoms with Crippen molar-refractivity contribution in [3.05, 3.63) is 28.2 Å². The van der Waals surface area contributed by atoms with Crippen molar-refractivity contribution in [2.45, 2.75) is 39.7 Å². The summed E-state index contributed by atoms with van der Waals surface area (Å²) in [5.74, 6) is 0.219. The number of anilines is 1. The lowest BCUT2D eigenvalue weighted by Gasteiger charge is -2.14. The number of nitrogens with two attached hydrogens (primary N) is 1. The molecule has 0 fully saturated rings. The molecule has 0 aliphatic heterocycles. The summed E-state index contributed by atoms with van der Waals surface area (Å²) in [6, 6.07) is 1.93. The molecule has 0 unspecified atom stereocenters. The monoisotopic (exact) mass is 194 g/mol. The summed E-state index contributed by atoms with van der Waals surface area (Å²) in [5, 5.41) is 0. The second-order valence-electron chi connectivity index (χ2n) is 4.19. The number of nitrogen functional groups attached to an aromatic ring is 1. The zero-order valence-electron chi connectivity index (χ0n) is 9.24. The number of rotatable bonds is 2. The van der Waals surface area contributed by atoms with Gasteiger partial charge in [-0.05, 0) is 25.8 Å². The fraction of sp³-hybridized carbons (Fsp3) is 0.545. The molecule has 1 heterocycles. The Bertz CT molecular complexity index is 345. The van der Waals surface area contributed by atoms with Crippen LogP contribution in [0.5, 0.6) is 0 Å². The molecule has 0 saturated heterocycles. The van der Waals surface area contributed by atoms with Gasteiger partial charge in [0, 0.05) is 23.5 Å². The number of hydrogen-bond acceptors (Lipinski definition) is 2. The largest absolute Gasteiger partial charge is 0.398 e. The van der Waals surface area contributed by atoms with Crippen molar-refractivity contribution in [2.75, 3.05) is 5.73 Å². The molecule has 3 heteroatoms. The molecule has 0 aromatic carbocycles. The van der Waals surface area contributed by atoms with Crippen LogP contribution in [0.1, 0.15) is 45.2 Å². The lowest BCUT2D eigenvalue weighted by atomic mass is 10.0.